The Labute approximate surface area is 114 Å². The van der Waals surface area contributed by atoms with Gasteiger partial charge in [-0.2, -0.15) is 5.10 Å². The molecule has 4 saturated carbocycles. The Bertz CT molecular complexity index is 481. The van der Waals surface area contributed by atoms with Crippen molar-refractivity contribution in [2.45, 2.75) is 44.9 Å². The number of rotatable bonds is 2. The second kappa shape index (κ2) is 3.68. The van der Waals surface area contributed by atoms with Crippen LogP contribution in [0.3, 0.4) is 0 Å². The van der Waals surface area contributed by atoms with E-state index in [0.29, 0.717) is 11.2 Å². The van der Waals surface area contributed by atoms with Crippen LogP contribution in [0.2, 0.25) is 0 Å². The van der Waals surface area contributed by atoms with Gasteiger partial charge in [0, 0.05) is 12.6 Å². The lowest BCUT2D eigenvalue weighted by atomic mass is 9.48. The van der Waals surface area contributed by atoms with E-state index in [1.54, 1.807) is 4.68 Å². The van der Waals surface area contributed by atoms with Crippen molar-refractivity contribution in [1.82, 2.24) is 9.78 Å². The molecule has 0 atom stereocenters. The highest BCUT2D eigenvalue weighted by molar-refractivity contribution is 5.54. The van der Waals surface area contributed by atoms with Gasteiger partial charge in [0.05, 0.1) is 0 Å². The van der Waals surface area contributed by atoms with E-state index in [0.717, 1.165) is 35.6 Å². The second-order valence-electron chi connectivity index (χ2n) is 7.47. The zero-order valence-corrected chi connectivity index (χ0v) is 11.7. The highest BCUT2D eigenvalue weighted by Crippen LogP contribution is 2.61. The molecule has 0 saturated heterocycles. The van der Waals surface area contributed by atoms with E-state index < -0.39 is 0 Å². The van der Waals surface area contributed by atoms with E-state index in [1.807, 2.05) is 7.05 Å². The smallest absolute Gasteiger partial charge is 0.150 e. The van der Waals surface area contributed by atoms with Gasteiger partial charge in [0.15, 0.2) is 5.82 Å². The summed E-state index contributed by atoms with van der Waals surface area (Å²) in [5, 5.41) is 4.28. The summed E-state index contributed by atoms with van der Waals surface area (Å²) in [6.45, 7) is 0. The summed E-state index contributed by atoms with van der Waals surface area (Å²) in [5.41, 5.74) is 13.8. The van der Waals surface area contributed by atoms with Crippen molar-refractivity contribution in [2.75, 3.05) is 11.5 Å². The molecule has 1 aromatic heterocycles. The Kier molecular flexibility index (Phi) is 2.25. The lowest BCUT2D eigenvalue weighted by Crippen LogP contribution is -2.47. The zero-order chi connectivity index (χ0) is 13.2. The zero-order valence-electron chi connectivity index (χ0n) is 11.7. The monoisotopic (exact) mass is 260 g/mol. The molecule has 0 spiro atoms. The third-order valence-corrected chi connectivity index (χ3v) is 5.94. The number of nitrogens with two attached hydrogens (primary N) is 2. The number of aryl methyl sites for hydroxylation is 1. The first-order valence-corrected chi connectivity index (χ1v) is 7.61. The van der Waals surface area contributed by atoms with Crippen LogP contribution in [0.25, 0.3) is 0 Å². The minimum absolute atomic E-state index is 0.486. The van der Waals surface area contributed by atoms with Gasteiger partial charge < -0.3 is 11.5 Å². The van der Waals surface area contributed by atoms with Gasteiger partial charge in [0.25, 0.3) is 0 Å². The molecule has 4 bridgehead atoms. The fourth-order valence-corrected chi connectivity index (χ4v) is 5.66. The van der Waals surface area contributed by atoms with Gasteiger partial charge >= 0.3 is 0 Å². The highest BCUT2D eigenvalue weighted by Gasteiger charge is 2.51. The van der Waals surface area contributed by atoms with Crippen LogP contribution in [0.15, 0.2) is 0 Å². The predicted octanol–water partition coefficient (Wildman–Crippen LogP) is 2.34. The van der Waals surface area contributed by atoms with Crippen molar-refractivity contribution in [3.63, 3.8) is 0 Å². The lowest BCUT2D eigenvalue weighted by Gasteiger charge is -2.57. The number of aromatic nitrogens is 2. The second-order valence-corrected chi connectivity index (χ2v) is 7.47. The number of anilines is 2. The minimum atomic E-state index is 0.486. The van der Waals surface area contributed by atoms with Gasteiger partial charge in [0.2, 0.25) is 0 Å². The van der Waals surface area contributed by atoms with Crippen molar-refractivity contribution in [3.05, 3.63) is 5.56 Å². The molecule has 0 radical (unpaired) electrons. The van der Waals surface area contributed by atoms with E-state index in [2.05, 4.69) is 5.10 Å². The molecule has 4 N–H and O–H groups in total. The van der Waals surface area contributed by atoms with Crippen molar-refractivity contribution >= 4 is 11.6 Å². The molecule has 4 heteroatoms. The molecule has 4 aliphatic rings. The molecule has 0 unspecified atom stereocenters. The Morgan fingerprint density at radius 3 is 2.05 bits per heavy atom. The number of hydrogen-bond donors (Lipinski definition) is 2. The summed E-state index contributed by atoms with van der Waals surface area (Å²) in [5.74, 6) is 4.35. The molecule has 0 amide bonds. The van der Waals surface area contributed by atoms with Crippen LogP contribution in [0.5, 0.6) is 0 Å². The van der Waals surface area contributed by atoms with Crippen LogP contribution in [0, 0.1) is 23.2 Å². The van der Waals surface area contributed by atoms with E-state index in [4.69, 9.17) is 11.5 Å². The Balaban J connectivity index is 1.66. The topological polar surface area (TPSA) is 69.9 Å². The maximum Gasteiger partial charge on any atom is 0.150 e. The third-order valence-electron chi connectivity index (χ3n) is 5.94. The van der Waals surface area contributed by atoms with E-state index in [9.17, 15) is 0 Å². The molecule has 0 aliphatic heterocycles. The molecule has 19 heavy (non-hydrogen) atoms. The number of nitrogen functional groups attached to an aromatic ring is 2. The molecule has 4 nitrogen and oxygen atoms in total. The summed E-state index contributed by atoms with van der Waals surface area (Å²) in [6, 6.07) is 0. The van der Waals surface area contributed by atoms with Crippen molar-refractivity contribution in [3.8, 4) is 0 Å². The number of nitrogens with zero attached hydrogens (tertiary/aromatic N) is 2. The largest absolute Gasteiger partial charge is 0.384 e. The minimum Gasteiger partial charge on any atom is -0.384 e. The molecule has 104 valence electrons. The highest BCUT2D eigenvalue weighted by atomic mass is 15.3. The summed E-state index contributed by atoms with van der Waals surface area (Å²) < 4.78 is 1.73. The van der Waals surface area contributed by atoms with Crippen LogP contribution in [0.4, 0.5) is 11.6 Å². The SMILES string of the molecule is Cn1nc(N)c(CC23CC4CC(CC(C4)C2)C3)c1N. The van der Waals surface area contributed by atoms with Crippen molar-refractivity contribution in [1.29, 1.82) is 0 Å². The average Bonchev–Trinajstić information content (AvgIpc) is 2.54. The van der Waals surface area contributed by atoms with Gasteiger partial charge in [0.1, 0.15) is 5.82 Å². The Hall–Kier alpha value is -1.19. The van der Waals surface area contributed by atoms with Crippen molar-refractivity contribution in [2.24, 2.45) is 30.2 Å². The van der Waals surface area contributed by atoms with E-state index >= 15 is 0 Å². The Morgan fingerprint density at radius 2 is 1.63 bits per heavy atom. The quantitative estimate of drug-likeness (QED) is 0.857. The van der Waals surface area contributed by atoms with E-state index in [1.165, 1.54) is 38.5 Å². The molecule has 4 aliphatic carbocycles. The van der Waals surface area contributed by atoms with Gasteiger partial charge in [-0.1, -0.05) is 0 Å². The van der Waals surface area contributed by atoms with Gasteiger partial charge in [-0.25, -0.2) is 0 Å². The molecule has 4 fully saturated rings. The lowest BCUT2D eigenvalue weighted by molar-refractivity contribution is -0.0520. The van der Waals surface area contributed by atoms with Crippen molar-refractivity contribution < 1.29 is 0 Å². The maximum atomic E-state index is 6.15. The first-order chi connectivity index (χ1) is 9.05. The normalized spacial score (nSPS) is 39.9. The van der Waals surface area contributed by atoms with Crippen LogP contribution in [0.1, 0.15) is 44.1 Å². The molecule has 5 rings (SSSR count). The van der Waals surface area contributed by atoms with E-state index in [-0.39, 0.29) is 0 Å². The molecule has 1 aromatic rings. The Morgan fingerprint density at radius 1 is 1.11 bits per heavy atom. The molecule has 0 aromatic carbocycles. The van der Waals surface area contributed by atoms with Crippen LogP contribution in [-0.2, 0) is 13.5 Å². The van der Waals surface area contributed by atoms with Gasteiger partial charge in [-0.05, 0) is 68.1 Å². The van der Waals surface area contributed by atoms with Crippen LogP contribution in [-0.4, -0.2) is 9.78 Å². The van der Waals surface area contributed by atoms with Gasteiger partial charge in [-0.15, -0.1) is 0 Å². The summed E-state index contributed by atoms with van der Waals surface area (Å²) in [4.78, 5) is 0. The number of hydrogen-bond acceptors (Lipinski definition) is 3. The fraction of sp³-hybridized carbons (Fsp3) is 0.800. The first-order valence-electron chi connectivity index (χ1n) is 7.61. The maximum absolute atomic E-state index is 6.15. The molecule has 1 heterocycles. The van der Waals surface area contributed by atoms with Crippen LogP contribution < -0.4 is 11.5 Å². The third kappa shape index (κ3) is 1.68. The fourth-order valence-electron chi connectivity index (χ4n) is 5.66. The standard InChI is InChI=1S/C15H24N4/c1-19-14(17)12(13(16)18-19)8-15-5-9-2-10(6-15)4-11(3-9)7-15/h9-11H,2-8,17H2,1H3,(H2,16,18). The first kappa shape index (κ1) is 11.6. The van der Waals surface area contributed by atoms with Gasteiger partial charge in [-0.3, -0.25) is 4.68 Å². The predicted molar refractivity (Wildman–Crippen MR) is 76.3 cm³/mol. The molecular formula is C15H24N4. The van der Waals surface area contributed by atoms with Crippen LogP contribution >= 0.6 is 0 Å². The summed E-state index contributed by atoms with van der Waals surface area (Å²) in [7, 11) is 1.88. The summed E-state index contributed by atoms with van der Waals surface area (Å²) in [6.07, 6.45) is 9.69. The molecular weight excluding hydrogens is 236 g/mol. The summed E-state index contributed by atoms with van der Waals surface area (Å²) >= 11 is 0. The average molecular weight is 260 g/mol.